The molecular formula is C24H23Cl2F3N6O2. The number of urea groups is 1. The summed E-state index contributed by atoms with van der Waals surface area (Å²) in [5, 5.41) is 14.1. The molecule has 0 unspecified atom stereocenters. The molecule has 0 aliphatic carbocycles. The van der Waals surface area contributed by atoms with Crippen molar-refractivity contribution in [3.8, 4) is 0 Å². The van der Waals surface area contributed by atoms with Crippen molar-refractivity contribution < 1.29 is 22.8 Å². The Bertz CT molecular complexity index is 1200. The lowest BCUT2D eigenvalue weighted by atomic mass is 10.1. The first-order valence-corrected chi connectivity index (χ1v) is 11.8. The molecule has 1 aromatic heterocycles. The maximum atomic E-state index is 13.2. The molecule has 8 nitrogen and oxygen atoms in total. The number of hydrogen-bond acceptors (Lipinski definition) is 5. The number of piperazine rings is 1. The maximum absolute atomic E-state index is 13.2. The van der Waals surface area contributed by atoms with Crippen LogP contribution < -0.4 is 15.5 Å². The number of anilines is 2. The molecule has 1 fully saturated rings. The Morgan fingerprint density at radius 3 is 1.97 bits per heavy atom. The lowest BCUT2D eigenvalue weighted by Crippen LogP contribution is -2.49. The monoisotopic (exact) mass is 554 g/mol. The van der Waals surface area contributed by atoms with E-state index >= 15 is 0 Å². The number of halogens is 5. The fourth-order valence-electron chi connectivity index (χ4n) is 3.40. The van der Waals surface area contributed by atoms with Crippen molar-refractivity contribution >= 4 is 46.8 Å². The van der Waals surface area contributed by atoms with Gasteiger partial charge in [0.25, 0.3) is 5.91 Å². The predicted molar refractivity (Wildman–Crippen MR) is 136 cm³/mol. The number of nitrogens with one attached hydrogen (secondary N) is 2. The van der Waals surface area contributed by atoms with Gasteiger partial charge in [-0.3, -0.25) is 10.1 Å². The summed E-state index contributed by atoms with van der Waals surface area (Å²) >= 11 is 11.2. The van der Waals surface area contributed by atoms with Crippen LogP contribution in [0, 0.1) is 0 Å². The molecule has 13 heteroatoms. The van der Waals surface area contributed by atoms with Crippen molar-refractivity contribution in [3.63, 3.8) is 0 Å². The molecule has 37 heavy (non-hydrogen) atoms. The van der Waals surface area contributed by atoms with Crippen LogP contribution in [0.4, 0.5) is 29.6 Å². The summed E-state index contributed by atoms with van der Waals surface area (Å²) in [5.74, 6) is 0.190. The highest BCUT2D eigenvalue weighted by atomic mass is 35.5. The van der Waals surface area contributed by atoms with E-state index in [-0.39, 0.29) is 24.5 Å². The summed E-state index contributed by atoms with van der Waals surface area (Å²) < 4.78 is 39.5. The smallest absolute Gasteiger partial charge is 0.352 e. The highest BCUT2D eigenvalue weighted by Gasteiger charge is 2.36. The SMILES string of the molecule is CNC(=O)Nc1ccc(N2CCN(C(=O)c3ccccc3C(F)(F)F)CC2)nn1.Clc1ccccc1Cl. The van der Waals surface area contributed by atoms with E-state index in [1.54, 1.807) is 24.3 Å². The molecule has 2 heterocycles. The fraction of sp³-hybridized carbons (Fsp3) is 0.250. The lowest BCUT2D eigenvalue weighted by molar-refractivity contribution is -0.138. The van der Waals surface area contributed by atoms with Crippen molar-refractivity contribution in [2.75, 3.05) is 43.4 Å². The highest BCUT2D eigenvalue weighted by molar-refractivity contribution is 6.41. The molecule has 0 spiro atoms. The number of amides is 3. The molecule has 1 aliphatic rings. The average molecular weight is 555 g/mol. The second-order valence-electron chi connectivity index (χ2n) is 7.72. The zero-order valence-electron chi connectivity index (χ0n) is 19.6. The number of rotatable bonds is 3. The Labute approximate surface area is 221 Å². The number of nitrogens with zero attached hydrogens (tertiary/aromatic N) is 4. The predicted octanol–water partition coefficient (Wildman–Crippen LogP) is 5.20. The van der Waals surface area contributed by atoms with Gasteiger partial charge in [-0.15, -0.1) is 10.2 Å². The molecule has 2 aromatic carbocycles. The molecule has 1 saturated heterocycles. The van der Waals surface area contributed by atoms with Crippen LogP contribution in [-0.2, 0) is 6.18 Å². The number of hydrogen-bond donors (Lipinski definition) is 2. The van der Waals surface area contributed by atoms with Crippen LogP contribution in [0.3, 0.4) is 0 Å². The number of carbonyl (C=O) groups is 2. The zero-order valence-corrected chi connectivity index (χ0v) is 21.1. The van der Waals surface area contributed by atoms with Gasteiger partial charge in [0.2, 0.25) is 0 Å². The summed E-state index contributed by atoms with van der Waals surface area (Å²) in [5.41, 5.74) is -1.28. The molecule has 3 aromatic rings. The molecule has 0 radical (unpaired) electrons. The Morgan fingerprint density at radius 2 is 1.46 bits per heavy atom. The van der Waals surface area contributed by atoms with Crippen molar-refractivity contribution in [1.29, 1.82) is 0 Å². The van der Waals surface area contributed by atoms with E-state index in [0.29, 0.717) is 29.0 Å². The van der Waals surface area contributed by atoms with Crippen LogP contribution in [0.15, 0.2) is 60.7 Å². The van der Waals surface area contributed by atoms with Crippen molar-refractivity contribution in [1.82, 2.24) is 20.4 Å². The molecule has 0 bridgehead atoms. The van der Waals surface area contributed by atoms with Gasteiger partial charge in [-0.2, -0.15) is 13.2 Å². The number of alkyl halides is 3. The van der Waals surface area contributed by atoms with E-state index in [1.165, 1.54) is 30.1 Å². The molecular weight excluding hydrogens is 532 g/mol. The van der Waals surface area contributed by atoms with Gasteiger partial charge in [-0.1, -0.05) is 47.5 Å². The molecule has 3 amide bonds. The van der Waals surface area contributed by atoms with Crippen molar-refractivity contribution in [2.24, 2.45) is 0 Å². The van der Waals surface area contributed by atoms with Gasteiger partial charge in [0, 0.05) is 33.2 Å². The molecule has 4 rings (SSSR count). The van der Waals surface area contributed by atoms with Crippen molar-refractivity contribution in [2.45, 2.75) is 6.18 Å². The summed E-state index contributed by atoms with van der Waals surface area (Å²) in [6.45, 7) is 1.31. The van der Waals surface area contributed by atoms with Crippen LogP contribution >= 0.6 is 23.2 Å². The minimum atomic E-state index is -4.59. The zero-order chi connectivity index (χ0) is 27.0. The topological polar surface area (TPSA) is 90.5 Å². The van der Waals surface area contributed by atoms with Gasteiger partial charge in [-0.05, 0) is 36.4 Å². The van der Waals surface area contributed by atoms with Crippen LogP contribution in [0.2, 0.25) is 10.0 Å². The van der Waals surface area contributed by atoms with Gasteiger partial charge >= 0.3 is 12.2 Å². The Balaban J connectivity index is 0.000000405. The minimum Gasteiger partial charge on any atom is -0.352 e. The molecule has 0 atom stereocenters. The third-order valence-corrected chi connectivity index (χ3v) is 6.05. The van der Waals surface area contributed by atoms with E-state index in [0.717, 1.165) is 6.07 Å². The highest BCUT2D eigenvalue weighted by Crippen LogP contribution is 2.32. The van der Waals surface area contributed by atoms with Crippen LogP contribution in [0.25, 0.3) is 0 Å². The second-order valence-corrected chi connectivity index (χ2v) is 8.53. The standard InChI is InChI=1S/C18H19F3N6O2.C6H4Cl2/c1-22-17(29)23-14-6-7-15(25-24-14)26-8-10-27(11-9-26)16(28)12-4-2-3-5-13(12)18(19,20)21;7-5-3-1-2-4-6(5)8/h2-7H,8-11H2,1H3,(H2,22,23,24,29);1-4H. The Hall–Kier alpha value is -3.57. The molecule has 196 valence electrons. The van der Waals surface area contributed by atoms with Gasteiger partial charge in [0.15, 0.2) is 11.6 Å². The van der Waals surface area contributed by atoms with E-state index in [1.807, 2.05) is 17.0 Å². The van der Waals surface area contributed by atoms with Gasteiger partial charge in [-0.25, -0.2) is 4.79 Å². The number of aromatic nitrogens is 2. The largest absolute Gasteiger partial charge is 0.417 e. The first-order chi connectivity index (χ1) is 17.6. The normalized spacial score (nSPS) is 13.4. The molecule has 0 saturated carbocycles. The maximum Gasteiger partial charge on any atom is 0.417 e. The first kappa shape index (κ1) is 28.0. The summed E-state index contributed by atoms with van der Waals surface area (Å²) in [7, 11) is 1.48. The average Bonchev–Trinajstić information content (AvgIpc) is 2.90. The Morgan fingerprint density at radius 1 is 0.865 bits per heavy atom. The number of carbonyl (C=O) groups excluding carboxylic acids is 2. The first-order valence-electron chi connectivity index (χ1n) is 11.0. The van der Waals surface area contributed by atoms with E-state index in [9.17, 15) is 22.8 Å². The number of benzene rings is 2. The summed E-state index contributed by atoms with van der Waals surface area (Å²) in [4.78, 5) is 27.2. The summed E-state index contributed by atoms with van der Waals surface area (Å²) in [6, 6.07) is 14.8. The van der Waals surface area contributed by atoms with Gasteiger partial charge in [0.05, 0.1) is 21.2 Å². The van der Waals surface area contributed by atoms with Crippen LogP contribution in [-0.4, -0.2) is 60.3 Å². The van der Waals surface area contributed by atoms with Crippen LogP contribution in [0.5, 0.6) is 0 Å². The third kappa shape index (κ3) is 7.70. The quantitative estimate of drug-likeness (QED) is 0.464. The molecule has 1 aliphatic heterocycles. The third-order valence-electron chi connectivity index (χ3n) is 5.30. The van der Waals surface area contributed by atoms with E-state index in [4.69, 9.17) is 23.2 Å². The van der Waals surface area contributed by atoms with E-state index in [2.05, 4.69) is 20.8 Å². The Kier molecular flexibility index (Phi) is 9.54. The van der Waals surface area contributed by atoms with E-state index < -0.39 is 23.7 Å². The van der Waals surface area contributed by atoms with Gasteiger partial charge in [0.1, 0.15) is 0 Å². The fourth-order valence-corrected chi connectivity index (χ4v) is 3.68. The lowest BCUT2D eigenvalue weighted by Gasteiger charge is -2.35. The summed E-state index contributed by atoms with van der Waals surface area (Å²) in [6.07, 6.45) is -4.59. The van der Waals surface area contributed by atoms with Gasteiger partial charge < -0.3 is 15.1 Å². The van der Waals surface area contributed by atoms with Crippen LogP contribution in [0.1, 0.15) is 15.9 Å². The van der Waals surface area contributed by atoms with Crippen molar-refractivity contribution in [3.05, 3.63) is 81.8 Å². The second kappa shape index (κ2) is 12.6. The molecule has 2 N–H and O–H groups in total. The minimum absolute atomic E-state index is 0.255.